The van der Waals surface area contributed by atoms with Gasteiger partial charge in [-0.05, 0) is 36.4 Å². The number of hydrogen-bond donors (Lipinski definition) is 2. The van der Waals surface area contributed by atoms with E-state index in [2.05, 4.69) is 10.2 Å². The number of nitrogens with zero attached hydrogens (tertiary/aromatic N) is 2. The van der Waals surface area contributed by atoms with Crippen molar-refractivity contribution in [2.75, 3.05) is 0 Å². The van der Waals surface area contributed by atoms with Crippen LogP contribution in [0, 0.1) is 0 Å². The van der Waals surface area contributed by atoms with E-state index in [1.807, 2.05) is 0 Å². The van der Waals surface area contributed by atoms with Crippen LogP contribution >= 0.6 is 0 Å². The van der Waals surface area contributed by atoms with Gasteiger partial charge in [0, 0.05) is 6.07 Å². The van der Waals surface area contributed by atoms with Gasteiger partial charge in [0.05, 0.1) is 10.6 Å². The summed E-state index contributed by atoms with van der Waals surface area (Å²) in [6.45, 7) is 0. The number of hydrogen-bond acceptors (Lipinski definition) is 7. The Kier molecular flexibility index (Phi) is 5.87. The van der Waals surface area contributed by atoms with E-state index in [0.29, 0.717) is 5.69 Å². The third-order valence-corrected chi connectivity index (χ3v) is 3.21. The van der Waals surface area contributed by atoms with Gasteiger partial charge in [-0.3, -0.25) is 0 Å². The molecule has 0 aliphatic rings. The first-order chi connectivity index (χ1) is 9.36. The Balaban J connectivity index is 0.00000220. The van der Waals surface area contributed by atoms with Crippen molar-refractivity contribution < 1.29 is 52.7 Å². The molecule has 7 nitrogen and oxygen atoms in total. The molecule has 2 aromatic rings. The van der Waals surface area contributed by atoms with Gasteiger partial charge < -0.3 is 14.8 Å². The number of rotatable bonds is 3. The summed E-state index contributed by atoms with van der Waals surface area (Å²) in [5, 5.41) is 26.1. The Hall–Kier alpha value is -1.45. The summed E-state index contributed by atoms with van der Waals surface area (Å²) in [4.78, 5) is -0.357. The zero-order valence-corrected chi connectivity index (χ0v) is 13.8. The van der Waals surface area contributed by atoms with Crippen LogP contribution in [-0.2, 0) is 10.1 Å². The van der Waals surface area contributed by atoms with Crippen LogP contribution in [0.1, 0.15) is 0 Å². The predicted octanol–water partition coefficient (Wildman–Crippen LogP) is -0.579. The van der Waals surface area contributed by atoms with Crippen LogP contribution in [-0.4, -0.2) is 23.2 Å². The minimum atomic E-state index is -4.49. The van der Waals surface area contributed by atoms with Gasteiger partial charge in [0.25, 0.3) is 0 Å². The van der Waals surface area contributed by atoms with Crippen molar-refractivity contribution in [1.82, 2.24) is 0 Å². The van der Waals surface area contributed by atoms with E-state index in [-0.39, 0.29) is 51.6 Å². The fourth-order valence-corrected chi connectivity index (χ4v) is 1.86. The van der Waals surface area contributed by atoms with Crippen molar-refractivity contribution in [3.8, 4) is 11.5 Å². The minimum absolute atomic E-state index is 0. The molecule has 21 heavy (non-hydrogen) atoms. The van der Waals surface area contributed by atoms with E-state index in [9.17, 15) is 18.1 Å². The molecule has 0 aromatic heterocycles. The predicted molar refractivity (Wildman–Crippen MR) is 68.4 cm³/mol. The van der Waals surface area contributed by atoms with Crippen molar-refractivity contribution in [3.63, 3.8) is 0 Å². The van der Waals surface area contributed by atoms with Crippen molar-refractivity contribution in [1.29, 1.82) is 0 Å². The number of azo groups is 1. The van der Waals surface area contributed by atoms with E-state index >= 15 is 0 Å². The van der Waals surface area contributed by atoms with Crippen LogP contribution in [0.15, 0.2) is 57.6 Å². The molecular formula is C12H9N2NaO5S. The Morgan fingerprint density at radius 2 is 1.57 bits per heavy atom. The number of phenols is 2. The van der Waals surface area contributed by atoms with Crippen molar-refractivity contribution in [3.05, 3.63) is 42.5 Å². The largest absolute Gasteiger partial charge is 1.00 e. The number of benzene rings is 2. The van der Waals surface area contributed by atoms with Gasteiger partial charge in [0.15, 0.2) is 0 Å². The maximum atomic E-state index is 10.7. The summed E-state index contributed by atoms with van der Waals surface area (Å²) in [6, 6.07) is 8.67. The second-order valence-electron chi connectivity index (χ2n) is 3.82. The molecule has 0 amide bonds. The summed E-state index contributed by atoms with van der Waals surface area (Å²) in [5.74, 6) is -0.348. The summed E-state index contributed by atoms with van der Waals surface area (Å²) in [5.41, 5.74) is 0.452. The van der Waals surface area contributed by atoms with Crippen molar-refractivity contribution >= 4 is 21.5 Å². The fraction of sp³-hybridized carbons (Fsp3) is 0. The summed E-state index contributed by atoms with van der Waals surface area (Å²) in [7, 11) is -4.49. The van der Waals surface area contributed by atoms with Gasteiger partial charge in [0.1, 0.15) is 27.3 Å². The van der Waals surface area contributed by atoms with E-state index < -0.39 is 10.1 Å². The third-order valence-electron chi connectivity index (χ3n) is 2.36. The van der Waals surface area contributed by atoms with Crippen LogP contribution < -0.4 is 29.6 Å². The fourth-order valence-electron chi connectivity index (χ4n) is 1.39. The molecule has 0 heterocycles. The van der Waals surface area contributed by atoms with Crippen LogP contribution in [0.3, 0.4) is 0 Å². The zero-order chi connectivity index (χ0) is 14.8. The molecule has 0 aliphatic carbocycles. The molecule has 0 bridgehead atoms. The Labute approximate surface area is 143 Å². The monoisotopic (exact) mass is 316 g/mol. The molecule has 2 aromatic carbocycles. The second-order valence-corrected chi connectivity index (χ2v) is 5.20. The molecule has 0 saturated carbocycles. The minimum Gasteiger partial charge on any atom is -0.744 e. The standard InChI is InChI=1S/C12H10N2O5S.Na/c15-9-3-6-11(12(16)7-9)14-13-8-1-4-10(5-2-8)20(17,18)19;/h1-7,15-16H,(H,17,18,19);/q;+1/p-1/b14-13+;. The molecule has 0 radical (unpaired) electrons. The number of aromatic hydroxyl groups is 2. The molecular weight excluding hydrogens is 307 g/mol. The summed E-state index contributed by atoms with van der Waals surface area (Å²) < 4.78 is 32.2. The topological polar surface area (TPSA) is 122 Å². The maximum absolute atomic E-state index is 10.7. The first-order valence-electron chi connectivity index (χ1n) is 5.36. The van der Waals surface area contributed by atoms with Crippen LogP contribution in [0.2, 0.25) is 0 Å². The van der Waals surface area contributed by atoms with Crippen LogP contribution in [0.5, 0.6) is 11.5 Å². The molecule has 0 atom stereocenters. The third kappa shape index (κ3) is 4.80. The molecule has 0 unspecified atom stereocenters. The number of phenolic OH excluding ortho intramolecular Hbond substituents is 2. The summed E-state index contributed by atoms with van der Waals surface area (Å²) >= 11 is 0. The van der Waals surface area contributed by atoms with E-state index in [1.165, 1.54) is 24.3 Å². The Bertz CT molecular complexity index is 760. The molecule has 9 heteroatoms. The van der Waals surface area contributed by atoms with E-state index in [4.69, 9.17) is 5.11 Å². The van der Waals surface area contributed by atoms with Crippen molar-refractivity contribution in [2.45, 2.75) is 4.90 Å². The first kappa shape index (κ1) is 17.6. The quantitative estimate of drug-likeness (QED) is 0.446. The molecule has 2 N–H and O–H groups in total. The maximum Gasteiger partial charge on any atom is 1.00 e. The molecule has 0 saturated heterocycles. The van der Waals surface area contributed by atoms with Gasteiger partial charge in [-0.15, -0.1) is 5.11 Å². The van der Waals surface area contributed by atoms with Gasteiger partial charge in [0.2, 0.25) is 0 Å². The van der Waals surface area contributed by atoms with Gasteiger partial charge in [-0.1, -0.05) is 0 Å². The molecule has 0 aliphatic heterocycles. The Morgan fingerprint density at radius 3 is 2.10 bits per heavy atom. The van der Waals surface area contributed by atoms with E-state index in [1.54, 1.807) is 0 Å². The molecule has 2 rings (SSSR count). The normalized spacial score (nSPS) is 11.3. The second kappa shape index (κ2) is 7.01. The summed E-state index contributed by atoms with van der Waals surface area (Å²) in [6.07, 6.45) is 0. The molecule has 104 valence electrons. The zero-order valence-electron chi connectivity index (χ0n) is 11.0. The first-order valence-corrected chi connectivity index (χ1v) is 6.77. The smallest absolute Gasteiger partial charge is 0.744 e. The average molecular weight is 316 g/mol. The van der Waals surface area contributed by atoms with Gasteiger partial charge >= 0.3 is 29.6 Å². The van der Waals surface area contributed by atoms with E-state index in [0.717, 1.165) is 18.2 Å². The van der Waals surface area contributed by atoms with Crippen molar-refractivity contribution in [2.24, 2.45) is 10.2 Å². The van der Waals surface area contributed by atoms with Gasteiger partial charge in [-0.25, -0.2) is 8.42 Å². The van der Waals surface area contributed by atoms with Crippen LogP contribution in [0.25, 0.3) is 0 Å². The average Bonchev–Trinajstić information content (AvgIpc) is 2.37. The van der Waals surface area contributed by atoms with Gasteiger partial charge in [-0.2, -0.15) is 5.11 Å². The SMILES string of the molecule is O=S(=O)([O-])c1ccc(/N=N/c2ccc(O)cc2O)cc1.[Na+]. The van der Waals surface area contributed by atoms with Crippen LogP contribution in [0.4, 0.5) is 11.4 Å². The molecule has 0 spiro atoms. The Morgan fingerprint density at radius 1 is 0.952 bits per heavy atom. The molecule has 0 fully saturated rings.